The second-order valence-corrected chi connectivity index (χ2v) is 7.82. The predicted octanol–water partition coefficient (Wildman–Crippen LogP) is 2.05. The summed E-state index contributed by atoms with van der Waals surface area (Å²) in [7, 11) is 1.59. The molecule has 3 rings (SSSR count). The monoisotopic (exact) mass is 441 g/mol. The maximum atomic E-state index is 13.0. The molecule has 1 unspecified atom stereocenters. The highest BCUT2D eigenvalue weighted by atomic mass is 19.1. The molecule has 0 aromatic heterocycles. The quantitative estimate of drug-likeness (QED) is 0.656. The molecule has 1 fully saturated rings. The zero-order valence-corrected chi connectivity index (χ0v) is 18.1. The van der Waals surface area contributed by atoms with E-state index in [4.69, 9.17) is 4.74 Å². The van der Waals surface area contributed by atoms with Crippen molar-refractivity contribution in [1.82, 2.24) is 15.5 Å². The van der Waals surface area contributed by atoms with Gasteiger partial charge in [-0.2, -0.15) is 0 Å². The lowest BCUT2D eigenvalue weighted by Gasteiger charge is -2.32. The number of piperidine rings is 1. The van der Waals surface area contributed by atoms with Gasteiger partial charge in [0.2, 0.25) is 17.7 Å². The number of ether oxygens (including phenoxy) is 1. The van der Waals surface area contributed by atoms with E-state index in [0.29, 0.717) is 26.1 Å². The van der Waals surface area contributed by atoms with Crippen LogP contribution in [0.3, 0.4) is 0 Å². The van der Waals surface area contributed by atoms with E-state index in [0.717, 1.165) is 23.3 Å². The second-order valence-electron chi connectivity index (χ2n) is 7.82. The van der Waals surface area contributed by atoms with Gasteiger partial charge >= 0.3 is 0 Å². The molecule has 32 heavy (non-hydrogen) atoms. The second kappa shape index (κ2) is 11.3. The number of amides is 3. The third-order valence-electron chi connectivity index (χ3n) is 5.49. The lowest BCUT2D eigenvalue weighted by molar-refractivity contribution is -0.136. The van der Waals surface area contributed by atoms with Gasteiger partial charge in [0.1, 0.15) is 11.6 Å². The van der Waals surface area contributed by atoms with Gasteiger partial charge in [-0.25, -0.2) is 4.39 Å². The fourth-order valence-corrected chi connectivity index (χ4v) is 3.62. The molecule has 1 aliphatic rings. The summed E-state index contributed by atoms with van der Waals surface area (Å²) in [4.78, 5) is 38.9. The van der Waals surface area contributed by atoms with Crippen molar-refractivity contribution in [2.45, 2.75) is 25.8 Å². The molecule has 1 atom stereocenters. The molecule has 0 spiro atoms. The molecule has 0 radical (unpaired) electrons. The Morgan fingerprint density at radius 1 is 1.03 bits per heavy atom. The van der Waals surface area contributed by atoms with Gasteiger partial charge in [-0.1, -0.05) is 24.3 Å². The summed E-state index contributed by atoms with van der Waals surface area (Å²) in [5, 5.41) is 5.44. The van der Waals surface area contributed by atoms with E-state index in [9.17, 15) is 18.8 Å². The number of carbonyl (C=O) groups is 3. The maximum absolute atomic E-state index is 13.0. The van der Waals surface area contributed by atoms with Gasteiger partial charge in [-0.05, 0) is 48.2 Å². The zero-order chi connectivity index (χ0) is 22.9. The molecule has 1 heterocycles. The Hall–Kier alpha value is -3.42. The van der Waals surface area contributed by atoms with Crippen molar-refractivity contribution < 1.29 is 23.5 Å². The number of likely N-dealkylation sites (tertiary alicyclic amines) is 1. The Morgan fingerprint density at radius 3 is 2.41 bits per heavy atom. The van der Waals surface area contributed by atoms with Crippen LogP contribution >= 0.6 is 0 Å². The number of rotatable bonds is 8. The fraction of sp³-hybridized carbons (Fsp3) is 0.375. The van der Waals surface area contributed by atoms with Gasteiger partial charge in [0.25, 0.3) is 0 Å². The van der Waals surface area contributed by atoms with Crippen molar-refractivity contribution in [2.24, 2.45) is 5.92 Å². The first-order valence-corrected chi connectivity index (χ1v) is 10.6. The van der Waals surface area contributed by atoms with Crippen LogP contribution in [0.5, 0.6) is 5.75 Å². The Labute approximate surface area is 186 Å². The smallest absolute Gasteiger partial charge is 0.239 e. The Balaban J connectivity index is 1.41. The summed E-state index contributed by atoms with van der Waals surface area (Å²) in [6, 6.07) is 13.2. The highest BCUT2D eigenvalue weighted by Gasteiger charge is 2.28. The first-order chi connectivity index (χ1) is 15.4. The third-order valence-corrected chi connectivity index (χ3v) is 5.49. The summed E-state index contributed by atoms with van der Waals surface area (Å²) >= 11 is 0. The average Bonchev–Trinajstić information content (AvgIpc) is 2.83. The van der Waals surface area contributed by atoms with Crippen molar-refractivity contribution in [3.05, 3.63) is 65.5 Å². The van der Waals surface area contributed by atoms with E-state index >= 15 is 0 Å². The number of hydrogen-bond donors (Lipinski definition) is 2. The van der Waals surface area contributed by atoms with E-state index < -0.39 is 0 Å². The SMILES string of the molecule is COc1ccc(CNC(=O)CNC(=O)C2CCCN(C(=O)Cc3ccc(F)cc3)C2)cc1. The molecule has 0 aliphatic carbocycles. The number of halogens is 1. The van der Waals surface area contributed by atoms with E-state index in [1.807, 2.05) is 24.3 Å². The Kier molecular flexibility index (Phi) is 8.19. The lowest BCUT2D eigenvalue weighted by Crippen LogP contribution is -2.47. The molecule has 0 bridgehead atoms. The van der Waals surface area contributed by atoms with Crippen molar-refractivity contribution in [3.8, 4) is 5.75 Å². The number of nitrogens with one attached hydrogen (secondary N) is 2. The molecule has 2 aromatic rings. The minimum Gasteiger partial charge on any atom is -0.497 e. The average molecular weight is 442 g/mol. The van der Waals surface area contributed by atoms with Crippen LogP contribution in [0.1, 0.15) is 24.0 Å². The number of carbonyl (C=O) groups excluding carboxylic acids is 3. The molecule has 2 N–H and O–H groups in total. The molecule has 1 aliphatic heterocycles. The third kappa shape index (κ3) is 6.80. The largest absolute Gasteiger partial charge is 0.497 e. The standard InChI is InChI=1S/C24H28FN3O4/c1-32-21-10-6-18(7-11-21)14-26-22(29)15-27-24(31)19-3-2-12-28(16-19)23(30)13-17-4-8-20(25)9-5-17/h4-11,19H,2-3,12-16H2,1H3,(H,26,29)(H,27,31). The number of methoxy groups -OCH3 is 1. The highest BCUT2D eigenvalue weighted by Crippen LogP contribution is 2.18. The van der Waals surface area contributed by atoms with Crippen LogP contribution in [0.4, 0.5) is 4.39 Å². The molecule has 2 aromatic carbocycles. The molecular weight excluding hydrogens is 413 g/mol. The van der Waals surface area contributed by atoms with E-state index in [-0.39, 0.29) is 42.4 Å². The predicted molar refractivity (Wildman–Crippen MR) is 117 cm³/mol. The van der Waals surface area contributed by atoms with Crippen LogP contribution in [0.2, 0.25) is 0 Å². The lowest BCUT2D eigenvalue weighted by atomic mass is 9.96. The van der Waals surface area contributed by atoms with Gasteiger partial charge in [0.05, 0.1) is 26.0 Å². The summed E-state index contributed by atoms with van der Waals surface area (Å²) in [6.45, 7) is 1.15. The van der Waals surface area contributed by atoms with Crippen LogP contribution in [-0.4, -0.2) is 49.4 Å². The van der Waals surface area contributed by atoms with Crippen LogP contribution in [0, 0.1) is 11.7 Å². The molecule has 1 saturated heterocycles. The minimum absolute atomic E-state index is 0.0913. The van der Waals surface area contributed by atoms with Crippen LogP contribution in [0.25, 0.3) is 0 Å². The van der Waals surface area contributed by atoms with Crippen molar-refractivity contribution in [1.29, 1.82) is 0 Å². The van der Waals surface area contributed by atoms with Gasteiger partial charge in [0.15, 0.2) is 0 Å². The molecule has 8 heteroatoms. The fourth-order valence-electron chi connectivity index (χ4n) is 3.62. The molecule has 3 amide bonds. The minimum atomic E-state index is -0.352. The van der Waals surface area contributed by atoms with Gasteiger partial charge in [-0.15, -0.1) is 0 Å². The topological polar surface area (TPSA) is 87.7 Å². The van der Waals surface area contributed by atoms with Gasteiger partial charge < -0.3 is 20.3 Å². The normalized spacial score (nSPS) is 15.7. The number of hydrogen-bond acceptors (Lipinski definition) is 4. The van der Waals surface area contributed by atoms with E-state index in [1.54, 1.807) is 24.1 Å². The molecule has 0 saturated carbocycles. The van der Waals surface area contributed by atoms with Crippen LogP contribution in [0.15, 0.2) is 48.5 Å². The number of nitrogens with zero attached hydrogens (tertiary/aromatic N) is 1. The van der Waals surface area contributed by atoms with E-state index in [2.05, 4.69) is 10.6 Å². The summed E-state index contributed by atoms with van der Waals surface area (Å²) in [5.74, 6) is -0.561. The van der Waals surface area contributed by atoms with Crippen LogP contribution in [-0.2, 0) is 27.3 Å². The highest BCUT2D eigenvalue weighted by molar-refractivity contribution is 5.86. The van der Waals surface area contributed by atoms with Crippen LogP contribution < -0.4 is 15.4 Å². The molecule has 7 nitrogen and oxygen atoms in total. The summed E-state index contributed by atoms with van der Waals surface area (Å²) in [5.41, 5.74) is 1.66. The maximum Gasteiger partial charge on any atom is 0.239 e. The van der Waals surface area contributed by atoms with Gasteiger partial charge in [0, 0.05) is 19.6 Å². The summed E-state index contributed by atoms with van der Waals surface area (Å²) in [6.07, 6.45) is 1.55. The van der Waals surface area contributed by atoms with Crippen molar-refractivity contribution >= 4 is 17.7 Å². The first kappa shape index (κ1) is 23.2. The van der Waals surface area contributed by atoms with Crippen molar-refractivity contribution in [3.63, 3.8) is 0 Å². The zero-order valence-electron chi connectivity index (χ0n) is 18.1. The number of benzene rings is 2. The Bertz CT molecular complexity index is 931. The Morgan fingerprint density at radius 2 is 1.72 bits per heavy atom. The van der Waals surface area contributed by atoms with E-state index in [1.165, 1.54) is 12.1 Å². The molecule has 170 valence electrons. The van der Waals surface area contributed by atoms with Gasteiger partial charge in [-0.3, -0.25) is 14.4 Å². The first-order valence-electron chi connectivity index (χ1n) is 10.6. The van der Waals surface area contributed by atoms with Crippen molar-refractivity contribution in [2.75, 3.05) is 26.7 Å². The summed E-state index contributed by atoms with van der Waals surface area (Å²) < 4.78 is 18.1. The molecular formula is C24H28FN3O4.